The Labute approximate surface area is 154 Å². The third-order valence-electron chi connectivity index (χ3n) is 4.14. The van der Waals surface area contributed by atoms with Crippen molar-refractivity contribution in [3.05, 3.63) is 48.0 Å². The first kappa shape index (κ1) is 16.8. The molecule has 0 saturated carbocycles. The Hall–Kier alpha value is -3.62. The van der Waals surface area contributed by atoms with Gasteiger partial charge in [-0.05, 0) is 43.7 Å². The highest BCUT2D eigenvalue weighted by Crippen LogP contribution is 2.24. The van der Waals surface area contributed by atoms with Crippen LogP contribution in [0.15, 0.2) is 36.7 Å². The maximum atomic E-state index is 13.3. The summed E-state index contributed by atoms with van der Waals surface area (Å²) in [7, 11) is 0. The molecule has 3 N–H and O–H groups in total. The van der Waals surface area contributed by atoms with Gasteiger partial charge in [0.1, 0.15) is 17.0 Å². The van der Waals surface area contributed by atoms with Crippen molar-refractivity contribution in [2.75, 3.05) is 11.1 Å². The van der Waals surface area contributed by atoms with Gasteiger partial charge in [0.15, 0.2) is 11.5 Å². The fraction of sp³-hybridized carbons (Fsp3) is 0.167. The largest absolute Gasteiger partial charge is 0.368 e. The molecular weight excluding hydrogens is 347 g/mol. The Morgan fingerprint density at radius 3 is 2.74 bits per heavy atom. The lowest BCUT2D eigenvalue weighted by Crippen LogP contribution is -2.04. The van der Waals surface area contributed by atoms with Crippen LogP contribution in [0.2, 0.25) is 0 Å². The Bertz CT molecular complexity index is 1140. The highest BCUT2D eigenvalue weighted by atomic mass is 19.1. The number of imidazole rings is 1. The average molecular weight is 364 g/mol. The first-order valence-electron chi connectivity index (χ1n) is 8.40. The van der Waals surface area contributed by atoms with Crippen molar-refractivity contribution in [3.63, 3.8) is 0 Å². The van der Waals surface area contributed by atoms with E-state index >= 15 is 0 Å². The fourth-order valence-corrected chi connectivity index (χ4v) is 2.86. The second kappa shape index (κ2) is 6.60. The van der Waals surface area contributed by atoms with Gasteiger partial charge in [0, 0.05) is 18.4 Å². The van der Waals surface area contributed by atoms with Crippen LogP contribution in [-0.2, 0) is 6.54 Å². The minimum absolute atomic E-state index is 0.183. The number of nitrogen functional groups attached to an aromatic ring is 1. The number of anilines is 3. The summed E-state index contributed by atoms with van der Waals surface area (Å²) < 4.78 is 15.2. The second-order valence-corrected chi connectivity index (χ2v) is 5.97. The van der Waals surface area contributed by atoms with E-state index in [1.165, 1.54) is 12.1 Å². The van der Waals surface area contributed by atoms with E-state index in [0.29, 0.717) is 35.2 Å². The summed E-state index contributed by atoms with van der Waals surface area (Å²) >= 11 is 0. The number of nitrogens with two attached hydrogens (primary N) is 1. The maximum absolute atomic E-state index is 13.3. The van der Waals surface area contributed by atoms with Crippen LogP contribution in [0.25, 0.3) is 22.7 Å². The average Bonchev–Trinajstić information content (AvgIpc) is 3.02. The molecule has 0 bridgehead atoms. The zero-order valence-electron chi connectivity index (χ0n) is 14.8. The molecule has 27 heavy (non-hydrogen) atoms. The van der Waals surface area contributed by atoms with Crippen LogP contribution in [0.3, 0.4) is 0 Å². The summed E-state index contributed by atoms with van der Waals surface area (Å²) in [6.45, 7) is 4.45. The number of aromatic nitrogens is 6. The van der Waals surface area contributed by atoms with Crippen molar-refractivity contribution in [2.45, 2.75) is 20.4 Å². The van der Waals surface area contributed by atoms with Crippen LogP contribution >= 0.6 is 0 Å². The van der Waals surface area contributed by atoms with Gasteiger partial charge < -0.3 is 15.6 Å². The molecule has 0 spiro atoms. The van der Waals surface area contributed by atoms with Crippen molar-refractivity contribution in [3.8, 4) is 11.5 Å². The van der Waals surface area contributed by atoms with E-state index in [4.69, 9.17) is 5.73 Å². The summed E-state index contributed by atoms with van der Waals surface area (Å²) in [5.74, 6) is 0.946. The van der Waals surface area contributed by atoms with Crippen LogP contribution in [-0.4, -0.2) is 29.5 Å². The molecule has 9 heteroatoms. The number of nitrogens with zero attached hydrogens (tertiary/aromatic N) is 6. The van der Waals surface area contributed by atoms with Gasteiger partial charge in [0.25, 0.3) is 0 Å². The predicted octanol–water partition coefficient (Wildman–Crippen LogP) is 3.08. The summed E-state index contributed by atoms with van der Waals surface area (Å²) in [4.78, 5) is 21.6. The van der Waals surface area contributed by atoms with Crippen molar-refractivity contribution in [2.24, 2.45) is 0 Å². The molecule has 0 atom stereocenters. The van der Waals surface area contributed by atoms with Crippen molar-refractivity contribution in [1.29, 1.82) is 0 Å². The van der Waals surface area contributed by atoms with E-state index in [1.54, 1.807) is 24.5 Å². The fourth-order valence-electron chi connectivity index (χ4n) is 2.86. The van der Waals surface area contributed by atoms with Crippen molar-refractivity contribution >= 4 is 28.7 Å². The van der Waals surface area contributed by atoms with E-state index in [-0.39, 0.29) is 11.8 Å². The zero-order chi connectivity index (χ0) is 19.0. The third kappa shape index (κ3) is 3.14. The highest BCUT2D eigenvalue weighted by Gasteiger charge is 2.15. The molecule has 4 rings (SSSR count). The van der Waals surface area contributed by atoms with Gasteiger partial charge in [-0.1, -0.05) is 0 Å². The molecule has 0 aliphatic carbocycles. The quantitative estimate of drug-likeness (QED) is 0.573. The van der Waals surface area contributed by atoms with E-state index < -0.39 is 0 Å². The van der Waals surface area contributed by atoms with Crippen LogP contribution in [0, 0.1) is 12.7 Å². The molecule has 4 aromatic rings. The minimum Gasteiger partial charge on any atom is -0.368 e. The standard InChI is InChI=1S/C18H17FN8/c1-3-27-15(13-6-7-21-17(20)24-13)23-14-9-22-18(26-16(14)27)25-12-5-4-11(19)8-10(12)2/h4-9H,3H2,1-2H3,(H2,20,21,24)(H,22,25,26). The van der Waals surface area contributed by atoms with Gasteiger partial charge >= 0.3 is 0 Å². The molecule has 0 aliphatic rings. The zero-order valence-corrected chi connectivity index (χ0v) is 14.8. The molecule has 136 valence electrons. The van der Waals surface area contributed by atoms with Crippen molar-refractivity contribution in [1.82, 2.24) is 29.5 Å². The summed E-state index contributed by atoms with van der Waals surface area (Å²) in [6.07, 6.45) is 3.23. The molecule has 3 heterocycles. The first-order valence-corrected chi connectivity index (χ1v) is 8.40. The monoisotopic (exact) mass is 364 g/mol. The molecule has 0 saturated heterocycles. The van der Waals surface area contributed by atoms with Crippen LogP contribution in [0.5, 0.6) is 0 Å². The topological polar surface area (TPSA) is 107 Å². The van der Waals surface area contributed by atoms with Gasteiger partial charge in [-0.3, -0.25) is 0 Å². The molecule has 8 nitrogen and oxygen atoms in total. The number of halogens is 1. The van der Waals surface area contributed by atoms with E-state index in [1.807, 2.05) is 18.4 Å². The van der Waals surface area contributed by atoms with Crippen LogP contribution in [0.1, 0.15) is 12.5 Å². The lowest BCUT2D eigenvalue weighted by Gasteiger charge is -2.09. The number of fused-ring (bicyclic) bond motifs is 1. The number of benzene rings is 1. The molecule has 0 unspecified atom stereocenters. The maximum Gasteiger partial charge on any atom is 0.229 e. The van der Waals surface area contributed by atoms with Crippen molar-refractivity contribution < 1.29 is 4.39 Å². The smallest absolute Gasteiger partial charge is 0.229 e. The molecule has 3 aromatic heterocycles. The molecule has 1 aromatic carbocycles. The van der Waals surface area contributed by atoms with Gasteiger partial charge in [0.05, 0.1) is 6.20 Å². The van der Waals surface area contributed by atoms with E-state index in [9.17, 15) is 4.39 Å². The number of aryl methyl sites for hydroxylation is 2. The van der Waals surface area contributed by atoms with Gasteiger partial charge in [-0.15, -0.1) is 0 Å². The predicted molar refractivity (Wildman–Crippen MR) is 101 cm³/mol. The first-order chi connectivity index (χ1) is 13.0. The van der Waals surface area contributed by atoms with Crippen LogP contribution in [0.4, 0.5) is 22.0 Å². The van der Waals surface area contributed by atoms with Gasteiger partial charge in [0.2, 0.25) is 11.9 Å². The Morgan fingerprint density at radius 1 is 1.15 bits per heavy atom. The minimum atomic E-state index is -0.285. The summed E-state index contributed by atoms with van der Waals surface area (Å²) in [5, 5.41) is 3.13. The number of rotatable bonds is 4. The van der Waals surface area contributed by atoms with Gasteiger partial charge in [-0.25, -0.2) is 24.3 Å². The highest BCUT2D eigenvalue weighted by molar-refractivity contribution is 5.77. The molecule has 0 radical (unpaired) electrons. The van der Waals surface area contributed by atoms with Gasteiger partial charge in [-0.2, -0.15) is 4.98 Å². The second-order valence-electron chi connectivity index (χ2n) is 5.97. The SMILES string of the molecule is CCn1c(-c2ccnc(N)n2)nc2cnc(Nc3ccc(F)cc3C)nc21. The molecule has 0 fully saturated rings. The number of hydrogen-bond donors (Lipinski definition) is 2. The lowest BCUT2D eigenvalue weighted by atomic mass is 10.2. The lowest BCUT2D eigenvalue weighted by molar-refractivity contribution is 0.627. The molecule has 0 aliphatic heterocycles. The number of hydrogen-bond acceptors (Lipinski definition) is 7. The normalized spacial score (nSPS) is 11.1. The van der Waals surface area contributed by atoms with Crippen LogP contribution < -0.4 is 11.1 Å². The Morgan fingerprint density at radius 2 is 2.00 bits per heavy atom. The molecular formula is C18H17FN8. The number of nitrogens with one attached hydrogen (secondary N) is 1. The molecule has 0 amide bonds. The van der Waals surface area contributed by atoms with E-state index in [2.05, 4.69) is 30.2 Å². The Balaban J connectivity index is 1.78. The Kier molecular flexibility index (Phi) is 4.11. The summed E-state index contributed by atoms with van der Waals surface area (Å²) in [5.41, 5.74) is 9.12. The summed E-state index contributed by atoms with van der Waals surface area (Å²) in [6, 6.07) is 6.25. The third-order valence-corrected chi connectivity index (χ3v) is 4.14. The van der Waals surface area contributed by atoms with E-state index in [0.717, 1.165) is 11.3 Å².